The van der Waals surface area contributed by atoms with Crippen LogP contribution in [0.25, 0.3) is 0 Å². The molecule has 0 aliphatic carbocycles. The lowest BCUT2D eigenvalue weighted by molar-refractivity contribution is 0.287. The first-order valence-corrected chi connectivity index (χ1v) is 9.01. The van der Waals surface area contributed by atoms with Crippen LogP contribution in [0.1, 0.15) is 25.0 Å². The molecule has 0 atom stereocenters. The first-order chi connectivity index (χ1) is 12.7. The van der Waals surface area contributed by atoms with Crippen LogP contribution >= 0.6 is 12.4 Å². The molecule has 0 aliphatic rings. The van der Waals surface area contributed by atoms with E-state index in [9.17, 15) is 0 Å². The number of nitrogens with one attached hydrogen (secondary N) is 1. The molecular weight excluding hydrogens is 366 g/mol. The minimum absolute atomic E-state index is 0. The standard InChI is InChI=1S/C21H29NO4.ClH/c1-5-25-19-10-8-17(14-21(19)26-6-2)15-22-12-11-16-7-9-18(23-3)20(13-16)24-4;/h7-10,13-14,22H,5-6,11-12,15H2,1-4H3;1H. The second kappa shape index (κ2) is 12.3. The highest BCUT2D eigenvalue weighted by Crippen LogP contribution is 2.29. The summed E-state index contributed by atoms with van der Waals surface area (Å²) in [6.45, 7) is 6.84. The van der Waals surface area contributed by atoms with Crippen LogP contribution in [0.5, 0.6) is 23.0 Å². The first-order valence-electron chi connectivity index (χ1n) is 9.01. The van der Waals surface area contributed by atoms with E-state index < -0.39 is 0 Å². The van der Waals surface area contributed by atoms with Gasteiger partial charge in [-0.15, -0.1) is 12.4 Å². The maximum absolute atomic E-state index is 5.67. The molecule has 0 fully saturated rings. The van der Waals surface area contributed by atoms with Crippen molar-refractivity contribution in [2.75, 3.05) is 34.0 Å². The van der Waals surface area contributed by atoms with E-state index in [0.29, 0.717) is 13.2 Å². The maximum Gasteiger partial charge on any atom is 0.161 e. The van der Waals surface area contributed by atoms with Crippen molar-refractivity contribution in [1.82, 2.24) is 5.32 Å². The lowest BCUT2D eigenvalue weighted by Gasteiger charge is -2.13. The maximum atomic E-state index is 5.67. The lowest BCUT2D eigenvalue weighted by atomic mass is 10.1. The molecule has 0 saturated heterocycles. The highest BCUT2D eigenvalue weighted by molar-refractivity contribution is 5.85. The van der Waals surface area contributed by atoms with Crippen molar-refractivity contribution in [3.05, 3.63) is 47.5 Å². The summed E-state index contributed by atoms with van der Waals surface area (Å²) in [5.74, 6) is 3.11. The van der Waals surface area contributed by atoms with Gasteiger partial charge < -0.3 is 24.3 Å². The fourth-order valence-corrected chi connectivity index (χ4v) is 2.71. The zero-order valence-electron chi connectivity index (χ0n) is 16.5. The normalized spacial score (nSPS) is 10.1. The van der Waals surface area contributed by atoms with Crippen LogP contribution in [0.2, 0.25) is 0 Å². The molecule has 27 heavy (non-hydrogen) atoms. The van der Waals surface area contributed by atoms with E-state index >= 15 is 0 Å². The Morgan fingerprint density at radius 2 is 1.33 bits per heavy atom. The molecule has 0 amide bonds. The van der Waals surface area contributed by atoms with Crippen molar-refractivity contribution < 1.29 is 18.9 Å². The molecule has 150 valence electrons. The van der Waals surface area contributed by atoms with E-state index in [2.05, 4.69) is 17.4 Å². The van der Waals surface area contributed by atoms with Crippen LogP contribution in [-0.2, 0) is 13.0 Å². The second-order valence-corrected chi connectivity index (χ2v) is 5.76. The molecule has 6 heteroatoms. The van der Waals surface area contributed by atoms with Crippen molar-refractivity contribution in [3.63, 3.8) is 0 Å². The van der Waals surface area contributed by atoms with E-state index in [-0.39, 0.29) is 12.4 Å². The van der Waals surface area contributed by atoms with E-state index in [4.69, 9.17) is 18.9 Å². The summed E-state index contributed by atoms with van der Waals surface area (Å²) >= 11 is 0. The quantitative estimate of drug-likeness (QED) is 0.576. The third kappa shape index (κ3) is 6.85. The number of rotatable bonds is 11. The lowest BCUT2D eigenvalue weighted by Crippen LogP contribution is -2.16. The molecule has 0 spiro atoms. The van der Waals surface area contributed by atoms with Gasteiger partial charge in [0, 0.05) is 6.54 Å². The molecule has 0 aromatic heterocycles. The number of hydrogen-bond donors (Lipinski definition) is 1. The third-order valence-corrected chi connectivity index (χ3v) is 3.98. The highest BCUT2D eigenvalue weighted by Gasteiger charge is 2.07. The summed E-state index contributed by atoms with van der Waals surface area (Å²) in [6.07, 6.45) is 0.912. The van der Waals surface area contributed by atoms with Gasteiger partial charge in [-0.3, -0.25) is 0 Å². The van der Waals surface area contributed by atoms with Gasteiger partial charge in [0.1, 0.15) is 0 Å². The SMILES string of the molecule is CCOc1ccc(CNCCc2ccc(OC)c(OC)c2)cc1OCC.Cl. The van der Waals surface area contributed by atoms with Crippen molar-refractivity contribution in [3.8, 4) is 23.0 Å². The van der Waals surface area contributed by atoms with E-state index in [1.54, 1.807) is 14.2 Å². The smallest absolute Gasteiger partial charge is 0.161 e. The van der Waals surface area contributed by atoms with E-state index in [1.165, 1.54) is 11.1 Å². The Morgan fingerprint density at radius 3 is 2.00 bits per heavy atom. The van der Waals surface area contributed by atoms with Gasteiger partial charge in [0.2, 0.25) is 0 Å². The van der Waals surface area contributed by atoms with Gasteiger partial charge in [-0.25, -0.2) is 0 Å². The minimum atomic E-state index is 0. The Bertz CT molecular complexity index is 694. The van der Waals surface area contributed by atoms with Crippen LogP contribution in [0.15, 0.2) is 36.4 Å². The molecule has 2 aromatic carbocycles. The van der Waals surface area contributed by atoms with Crippen LogP contribution < -0.4 is 24.3 Å². The zero-order valence-corrected chi connectivity index (χ0v) is 17.4. The molecule has 5 nitrogen and oxygen atoms in total. The van der Waals surface area contributed by atoms with Gasteiger partial charge in [-0.05, 0) is 62.2 Å². The molecule has 0 heterocycles. The molecule has 0 unspecified atom stereocenters. The predicted molar refractivity (Wildman–Crippen MR) is 111 cm³/mol. The monoisotopic (exact) mass is 395 g/mol. The van der Waals surface area contributed by atoms with E-state index in [0.717, 1.165) is 42.5 Å². The van der Waals surface area contributed by atoms with Gasteiger partial charge in [0.25, 0.3) is 0 Å². The predicted octanol–water partition coefficient (Wildman–Crippen LogP) is 4.26. The van der Waals surface area contributed by atoms with Crippen LogP contribution in [-0.4, -0.2) is 34.0 Å². The van der Waals surface area contributed by atoms with Crippen molar-refractivity contribution in [1.29, 1.82) is 0 Å². The fourth-order valence-electron chi connectivity index (χ4n) is 2.71. The van der Waals surface area contributed by atoms with Gasteiger partial charge in [0.05, 0.1) is 27.4 Å². The largest absolute Gasteiger partial charge is 0.493 e. The van der Waals surface area contributed by atoms with Crippen LogP contribution in [0.4, 0.5) is 0 Å². The average Bonchev–Trinajstić information content (AvgIpc) is 2.67. The number of halogens is 1. The number of ether oxygens (including phenoxy) is 4. The highest BCUT2D eigenvalue weighted by atomic mass is 35.5. The number of methoxy groups -OCH3 is 2. The average molecular weight is 396 g/mol. The fraction of sp³-hybridized carbons (Fsp3) is 0.429. The summed E-state index contributed by atoms with van der Waals surface area (Å²) in [5.41, 5.74) is 2.38. The Hall–Kier alpha value is -2.11. The Morgan fingerprint density at radius 1 is 0.741 bits per heavy atom. The summed E-state index contributed by atoms with van der Waals surface area (Å²) in [4.78, 5) is 0. The minimum Gasteiger partial charge on any atom is -0.493 e. The molecular formula is C21H30ClNO4. The second-order valence-electron chi connectivity index (χ2n) is 5.76. The van der Waals surface area contributed by atoms with Gasteiger partial charge >= 0.3 is 0 Å². The number of benzene rings is 2. The summed E-state index contributed by atoms with van der Waals surface area (Å²) in [7, 11) is 3.30. The van der Waals surface area contributed by atoms with E-state index in [1.807, 2.05) is 38.1 Å². The topological polar surface area (TPSA) is 49.0 Å². The Labute approximate surface area is 168 Å². The molecule has 2 rings (SSSR count). The molecule has 0 saturated carbocycles. The molecule has 0 bridgehead atoms. The summed E-state index contributed by atoms with van der Waals surface area (Å²) in [5, 5.41) is 3.47. The zero-order chi connectivity index (χ0) is 18.8. The van der Waals surface area contributed by atoms with Gasteiger partial charge in [-0.2, -0.15) is 0 Å². The summed E-state index contributed by atoms with van der Waals surface area (Å²) < 4.78 is 21.9. The van der Waals surface area contributed by atoms with Crippen molar-refractivity contribution in [2.45, 2.75) is 26.8 Å². The first kappa shape index (κ1) is 22.9. The van der Waals surface area contributed by atoms with Gasteiger partial charge in [-0.1, -0.05) is 12.1 Å². The Balaban J connectivity index is 0.00000364. The van der Waals surface area contributed by atoms with Crippen molar-refractivity contribution >= 4 is 12.4 Å². The van der Waals surface area contributed by atoms with Gasteiger partial charge in [0.15, 0.2) is 23.0 Å². The molecule has 0 radical (unpaired) electrons. The van der Waals surface area contributed by atoms with Crippen LogP contribution in [0, 0.1) is 0 Å². The molecule has 2 aromatic rings. The number of hydrogen-bond acceptors (Lipinski definition) is 5. The molecule has 0 aliphatic heterocycles. The molecule has 1 N–H and O–H groups in total. The Kier molecular flexibility index (Phi) is 10.5. The van der Waals surface area contributed by atoms with Crippen LogP contribution in [0.3, 0.4) is 0 Å². The summed E-state index contributed by atoms with van der Waals surface area (Å²) in [6, 6.07) is 12.1. The third-order valence-electron chi connectivity index (χ3n) is 3.98. The van der Waals surface area contributed by atoms with Crippen molar-refractivity contribution in [2.24, 2.45) is 0 Å².